The van der Waals surface area contributed by atoms with Crippen LogP contribution in [0.2, 0.25) is 0 Å². The van der Waals surface area contributed by atoms with Gasteiger partial charge in [-0.1, -0.05) is 30.3 Å². The van der Waals surface area contributed by atoms with Crippen molar-refractivity contribution in [3.05, 3.63) is 59.8 Å². The second kappa shape index (κ2) is 7.18. The number of benzene rings is 2. The minimum Gasteiger partial charge on any atom is -0.448 e. The number of hydrogen-bond acceptors (Lipinski definition) is 5. The molecule has 0 saturated heterocycles. The summed E-state index contributed by atoms with van der Waals surface area (Å²) in [4.78, 5) is 36.0. The van der Waals surface area contributed by atoms with Gasteiger partial charge >= 0.3 is 5.97 Å². The van der Waals surface area contributed by atoms with Gasteiger partial charge in [0.15, 0.2) is 17.6 Å². The molecule has 2 N–H and O–H groups in total. The van der Waals surface area contributed by atoms with E-state index in [4.69, 9.17) is 4.74 Å². The van der Waals surface area contributed by atoms with Crippen LogP contribution in [0.4, 0.5) is 5.69 Å². The van der Waals surface area contributed by atoms with Gasteiger partial charge in [-0.15, -0.1) is 0 Å². The summed E-state index contributed by atoms with van der Waals surface area (Å²) in [5, 5.41) is 9.95. The molecule has 3 aromatic rings. The van der Waals surface area contributed by atoms with Crippen molar-refractivity contribution in [1.82, 2.24) is 10.2 Å². The number of anilines is 1. The number of Topliss-reactive ketones (excluding diaryl/α,β-unsaturated/α-hetero) is 1. The molecule has 3 rings (SSSR count). The highest BCUT2D eigenvalue weighted by Gasteiger charge is 2.22. The molecule has 0 aliphatic carbocycles. The second-order valence-corrected chi connectivity index (χ2v) is 5.79. The number of ketones is 1. The van der Waals surface area contributed by atoms with E-state index in [9.17, 15) is 14.4 Å². The zero-order valence-electron chi connectivity index (χ0n) is 14.3. The topological polar surface area (TPSA) is 101 Å². The van der Waals surface area contributed by atoms with E-state index in [0.717, 1.165) is 0 Å². The van der Waals surface area contributed by atoms with Gasteiger partial charge in [0.25, 0.3) is 5.91 Å². The Morgan fingerprint density at radius 1 is 1.12 bits per heavy atom. The third-order valence-corrected chi connectivity index (χ3v) is 3.85. The van der Waals surface area contributed by atoms with Crippen LogP contribution in [0.3, 0.4) is 0 Å². The van der Waals surface area contributed by atoms with Gasteiger partial charge in [-0.25, -0.2) is 4.79 Å². The Morgan fingerprint density at radius 2 is 1.88 bits per heavy atom. The maximum absolute atomic E-state index is 12.3. The largest absolute Gasteiger partial charge is 0.448 e. The van der Waals surface area contributed by atoms with Crippen LogP contribution in [0.5, 0.6) is 0 Å². The minimum atomic E-state index is -1.03. The van der Waals surface area contributed by atoms with Gasteiger partial charge in [0.1, 0.15) is 0 Å². The number of nitrogens with zero attached hydrogens (tertiary/aromatic N) is 1. The zero-order chi connectivity index (χ0) is 18.7. The molecule has 1 amide bonds. The second-order valence-electron chi connectivity index (χ2n) is 5.79. The fourth-order valence-electron chi connectivity index (χ4n) is 2.45. The van der Waals surface area contributed by atoms with Crippen molar-refractivity contribution in [3.63, 3.8) is 0 Å². The maximum atomic E-state index is 12.3. The fourth-order valence-corrected chi connectivity index (χ4v) is 2.45. The predicted molar refractivity (Wildman–Crippen MR) is 96.0 cm³/mol. The van der Waals surface area contributed by atoms with Gasteiger partial charge in [0.05, 0.1) is 5.52 Å². The van der Waals surface area contributed by atoms with E-state index in [0.29, 0.717) is 22.2 Å². The Morgan fingerprint density at radius 3 is 2.65 bits per heavy atom. The minimum absolute atomic E-state index is 0.106. The average Bonchev–Trinajstić information content (AvgIpc) is 3.06. The number of fused-ring (bicyclic) bond motifs is 1. The van der Waals surface area contributed by atoms with Crippen molar-refractivity contribution in [1.29, 1.82) is 0 Å². The summed E-state index contributed by atoms with van der Waals surface area (Å²) in [6, 6.07) is 13.7. The Kier molecular flexibility index (Phi) is 4.79. The van der Waals surface area contributed by atoms with Gasteiger partial charge in [-0.05, 0) is 32.0 Å². The van der Waals surface area contributed by atoms with E-state index >= 15 is 0 Å². The predicted octanol–water partition coefficient (Wildman–Crippen LogP) is 2.95. The number of nitrogens with one attached hydrogen (secondary N) is 2. The average molecular weight is 351 g/mol. The van der Waals surface area contributed by atoms with E-state index in [-0.39, 0.29) is 11.5 Å². The summed E-state index contributed by atoms with van der Waals surface area (Å²) in [5.74, 6) is -1.30. The number of carbonyl (C=O) groups is 3. The van der Waals surface area contributed by atoms with Crippen LogP contribution < -0.4 is 5.32 Å². The first-order valence-electron chi connectivity index (χ1n) is 8.01. The number of esters is 1. The lowest BCUT2D eigenvalue weighted by molar-refractivity contribution is -0.123. The fraction of sp³-hybridized carbons (Fsp3) is 0.158. The van der Waals surface area contributed by atoms with Crippen LogP contribution in [0.1, 0.15) is 34.7 Å². The number of H-pyrrole nitrogens is 1. The van der Waals surface area contributed by atoms with Gasteiger partial charge in [-0.3, -0.25) is 14.7 Å². The molecule has 0 saturated carbocycles. The Hall–Kier alpha value is -3.48. The Balaban J connectivity index is 1.68. The van der Waals surface area contributed by atoms with Crippen molar-refractivity contribution in [2.75, 3.05) is 5.32 Å². The lowest BCUT2D eigenvalue weighted by atomic mass is 10.1. The SMILES string of the molecule is CC(=O)c1cccc(NC(=O)[C@H](C)OC(=O)c2n[nH]c3ccccc23)c1. The standard InChI is InChI=1S/C19H17N3O4/c1-11(23)13-6-5-7-14(10-13)20-18(24)12(2)26-19(25)17-15-8-3-4-9-16(15)21-22-17/h3-10,12H,1-2H3,(H,20,24)(H,21,22)/t12-/m0/s1. The molecule has 132 valence electrons. The third kappa shape index (κ3) is 3.61. The summed E-state index contributed by atoms with van der Waals surface area (Å²) in [7, 11) is 0. The molecule has 7 heteroatoms. The molecule has 0 spiro atoms. The molecule has 0 bridgehead atoms. The van der Waals surface area contributed by atoms with Gasteiger partial charge in [-0.2, -0.15) is 5.10 Å². The highest BCUT2D eigenvalue weighted by molar-refractivity contribution is 6.03. The highest BCUT2D eigenvalue weighted by atomic mass is 16.5. The van der Waals surface area contributed by atoms with E-state index < -0.39 is 18.0 Å². The van der Waals surface area contributed by atoms with Crippen molar-refractivity contribution in [3.8, 4) is 0 Å². The molecule has 0 radical (unpaired) electrons. The maximum Gasteiger partial charge on any atom is 0.360 e. The van der Waals surface area contributed by atoms with Crippen molar-refractivity contribution in [2.45, 2.75) is 20.0 Å². The summed E-state index contributed by atoms with van der Waals surface area (Å²) < 4.78 is 5.21. The van der Waals surface area contributed by atoms with E-state index in [2.05, 4.69) is 15.5 Å². The number of rotatable bonds is 5. The van der Waals surface area contributed by atoms with Gasteiger partial charge in [0.2, 0.25) is 0 Å². The molecule has 7 nitrogen and oxygen atoms in total. The zero-order valence-corrected chi connectivity index (χ0v) is 14.3. The number of amides is 1. The highest BCUT2D eigenvalue weighted by Crippen LogP contribution is 2.17. The number of carbonyl (C=O) groups excluding carboxylic acids is 3. The molecule has 1 heterocycles. The van der Waals surface area contributed by atoms with Crippen LogP contribution in [-0.4, -0.2) is 34.0 Å². The number of hydrogen-bond donors (Lipinski definition) is 2. The molecule has 0 unspecified atom stereocenters. The molecule has 2 aromatic carbocycles. The Bertz CT molecular complexity index is 993. The first kappa shape index (κ1) is 17.3. The van der Waals surface area contributed by atoms with Crippen LogP contribution in [0.15, 0.2) is 48.5 Å². The van der Waals surface area contributed by atoms with Crippen LogP contribution in [0.25, 0.3) is 10.9 Å². The van der Waals surface area contributed by atoms with Crippen LogP contribution in [-0.2, 0) is 9.53 Å². The number of aromatic amines is 1. The summed E-state index contributed by atoms with van der Waals surface area (Å²) in [6.07, 6.45) is -1.03. The van der Waals surface area contributed by atoms with Gasteiger partial charge in [0, 0.05) is 16.6 Å². The molecule has 0 aliphatic rings. The van der Waals surface area contributed by atoms with Crippen molar-refractivity contribution in [2.24, 2.45) is 0 Å². The monoisotopic (exact) mass is 351 g/mol. The van der Waals surface area contributed by atoms with Crippen molar-refractivity contribution >= 4 is 34.3 Å². The molecule has 26 heavy (non-hydrogen) atoms. The smallest absolute Gasteiger partial charge is 0.360 e. The summed E-state index contributed by atoms with van der Waals surface area (Å²) >= 11 is 0. The molecular weight excluding hydrogens is 334 g/mol. The molecule has 1 atom stereocenters. The Labute approximate surface area is 149 Å². The molecule has 1 aromatic heterocycles. The van der Waals surface area contributed by atoms with E-state index in [1.54, 1.807) is 42.5 Å². The lowest BCUT2D eigenvalue weighted by Crippen LogP contribution is -2.30. The first-order chi connectivity index (χ1) is 12.5. The summed E-state index contributed by atoms with van der Waals surface area (Å²) in [5.41, 5.74) is 1.77. The normalized spacial score (nSPS) is 11.8. The summed E-state index contributed by atoms with van der Waals surface area (Å²) in [6.45, 7) is 2.91. The first-order valence-corrected chi connectivity index (χ1v) is 8.01. The van der Waals surface area contributed by atoms with Crippen LogP contribution >= 0.6 is 0 Å². The number of ether oxygens (including phenoxy) is 1. The quantitative estimate of drug-likeness (QED) is 0.544. The molecule has 0 fully saturated rings. The number of aromatic nitrogens is 2. The van der Waals surface area contributed by atoms with Crippen molar-refractivity contribution < 1.29 is 19.1 Å². The van der Waals surface area contributed by atoms with E-state index in [1.807, 2.05) is 6.07 Å². The lowest BCUT2D eigenvalue weighted by Gasteiger charge is -2.13. The number of para-hydroxylation sites is 1. The van der Waals surface area contributed by atoms with Gasteiger partial charge < -0.3 is 10.1 Å². The van der Waals surface area contributed by atoms with Crippen LogP contribution in [0, 0.1) is 0 Å². The molecular formula is C19H17N3O4. The third-order valence-electron chi connectivity index (χ3n) is 3.85. The molecule has 0 aliphatic heterocycles. The van der Waals surface area contributed by atoms with E-state index in [1.165, 1.54) is 13.8 Å².